The molecular weight excluding hydrogens is 546 g/mol. The summed E-state index contributed by atoms with van der Waals surface area (Å²) in [5, 5.41) is 7.91. The predicted molar refractivity (Wildman–Crippen MR) is 192 cm³/mol. The Morgan fingerprint density at radius 2 is 1.38 bits per heavy atom. The first-order valence-electron chi connectivity index (χ1n) is 16.3. The van der Waals surface area contributed by atoms with Crippen LogP contribution in [0, 0.1) is 17.8 Å². The van der Waals surface area contributed by atoms with Gasteiger partial charge in [0.15, 0.2) is 5.52 Å². The molecule has 0 aliphatic heterocycles. The first-order valence-corrected chi connectivity index (χ1v) is 16.3. The summed E-state index contributed by atoms with van der Waals surface area (Å²) in [7, 11) is 2.17. The normalized spacial score (nSPS) is 13.1. The van der Waals surface area contributed by atoms with Crippen molar-refractivity contribution < 1.29 is 4.57 Å². The number of pyridine rings is 1. The standard InChI is InChI=1S/C42H42N3/c1-25-32-20-26(22-41(2,3)4)14-16-29(32)33(23-42(5,6)7)39-36(25)40-37-34(43-24-44(40)8)19-18-31-30-17-15-28(27-12-10-9-11-13-27)21-35(30)45(39)38(31)37/h9-21,24H,22-23H2,1-8H3/q+1. The average Bonchev–Trinajstić information content (AvgIpc) is 3.32. The van der Waals surface area contributed by atoms with E-state index in [0.717, 1.165) is 18.4 Å². The minimum Gasteiger partial charge on any atom is -0.307 e. The van der Waals surface area contributed by atoms with Gasteiger partial charge in [-0.2, -0.15) is 0 Å². The van der Waals surface area contributed by atoms with Crippen LogP contribution >= 0.6 is 0 Å². The van der Waals surface area contributed by atoms with E-state index < -0.39 is 0 Å². The van der Waals surface area contributed by atoms with E-state index >= 15 is 0 Å². The van der Waals surface area contributed by atoms with E-state index in [2.05, 4.69) is 143 Å². The smallest absolute Gasteiger partial charge is 0.287 e. The largest absolute Gasteiger partial charge is 0.307 e. The summed E-state index contributed by atoms with van der Waals surface area (Å²) in [5.41, 5.74) is 13.2. The van der Waals surface area contributed by atoms with Gasteiger partial charge >= 0.3 is 0 Å². The fraction of sp³-hybridized carbons (Fsp3) is 0.286. The molecule has 0 spiro atoms. The lowest BCUT2D eigenvalue weighted by Crippen LogP contribution is -2.30. The van der Waals surface area contributed by atoms with Crippen LogP contribution in [-0.2, 0) is 19.9 Å². The zero-order valence-electron chi connectivity index (χ0n) is 27.8. The van der Waals surface area contributed by atoms with Gasteiger partial charge in [-0.3, -0.25) is 0 Å². The number of aryl methyl sites for hydroxylation is 2. The fourth-order valence-corrected chi connectivity index (χ4v) is 7.89. The van der Waals surface area contributed by atoms with Crippen LogP contribution in [0.5, 0.6) is 0 Å². The summed E-state index contributed by atoms with van der Waals surface area (Å²) in [5.74, 6) is 0. The van der Waals surface area contributed by atoms with Gasteiger partial charge in [0.05, 0.1) is 34.4 Å². The molecule has 0 radical (unpaired) electrons. The molecule has 0 aliphatic rings. The molecule has 5 aromatic carbocycles. The predicted octanol–water partition coefficient (Wildman–Crippen LogP) is 10.5. The number of rotatable bonds is 3. The van der Waals surface area contributed by atoms with Gasteiger partial charge in [-0.15, -0.1) is 0 Å². The second kappa shape index (κ2) is 9.50. The monoisotopic (exact) mass is 588 g/mol. The minimum absolute atomic E-state index is 0.101. The Morgan fingerprint density at radius 3 is 2.11 bits per heavy atom. The molecule has 45 heavy (non-hydrogen) atoms. The molecule has 0 bridgehead atoms. The Morgan fingerprint density at radius 1 is 0.667 bits per heavy atom. The van der Waals surface area contributed by atoms with Crippen molar-refractivity contribution in [1.29, 1.82) is 0 Å². The topological polar surface area (TPSA) is 21.2 Å². The van der Waals surface area contributed by atoms with Crippen molar-refractivity contribution >= 4 is 59.9 Å². The zero-order chi connectivity index (χ0) is 31.4. The van der Waals surface area contributed by atoms with Crippen LogP contribution in [-0.4, -0.2) is 9.38 Å². The third-order valence-corrected chi connectivity index (χ3v) is 9.59. The van der Waals surface area contributed by atoms with E-state index in [1.807, 2.05) is 6.33 Å². The molecule has 0 N–H and O–H groups in total. The molecule has 0 saturated heterocycles. The van der Waals surface area contributed by atoms with E-state index in [9.17, 15) is 0 Å². The van der Waals surface area contributed by atoms with Crippen LogP contribution in [0.25, 0.3) is 71.0 Å². The number of hydrogen-bond donors (Lipinski definition) is 0. The van der Waals surface area contributed by atoms with Gasteiger partial charge in [0.25, 0.3) is 6.33 Å². The molecule has 3 heteroatoms. The summed E-state index contributed by atoms with van der Waals surface area (Å²) in [4.78, 5) is 4.95. The lowest BCUT2D eigenvalue weighted by atomic mass is 9.82. The molecule has 8 rings (SSSR count). The Kier molecular flexibility index (Phi) is 5.91. The highest BCUT2D eigenvalue weighted by molar-refractivity contribution is 6.28. The van der Waals surface area contributed by atoms with Crippen molar-refractivity contribution in [2.75, 3.05) is 0 Å². The Balaban J connectivity index is 1.66. The average molecular weight is 589 g/mol. The van der Waals surface area contributed by atoms with Crippen molar-refractivity contribution in [2.45, 2.75) is 61.3 Å². The number of nitrogens with zero attached hydrogens (tertiary/aromatic N) is 3. The molecule has 3 nitrogen and oxygen atoms in total. The van der Waals surface area contributed by atoms with E-state index in [1.165, 1.54) is 82.2 Å². The lowest BCUT2D eigenvalue weighted by molar-refractivity contribution is -0.646. The van der Waals surface area contributed by atoms with E-state index in [-0.39, 0.29) is 10.8 Å². The molecule has 3 aromatic heterocycles. The molecule has 0 amide bonds. The number of aromatic nitrogens is 3. The van der Waals surface area contributed by atoms with Crippen LogP contribution in [0.1, 0.15) is 58.2 Å². The Bertz CT molecular complexity index is 2450. The van der Waals surface area contributed by atoms with Gasteiger partial charge in [0, 0.05) is 10.8 Å². The number of benzene rings is 5. The summed E-state index contributed by atoms with van der Waals surface area (Å²) in [6, 6.07) is 29.6. The lowest BCUT2D eigenvalue weighted by Gasteiger charge is -2.25. The van der Waals surface area contributed by atoms with Gasteiger partial charge in [-0.1, -0.05) is 102 Å². The summed E-state index contributed by atoms with van der Waals surface area (Å²) >= 11 is 0. The molecular formula is C42H42N3+. The van der Waals surface area contributed by atoms with Crippen LogP contribution in [0.2, 0.25) is 0 Å². The molecule has 0 fully saturated rings. The molecule has 8 aromatic rings. The maximum absolute atomic E-state index is 4.95. The number of fused-ring (bicyclic) bond motifs is 7. The Labute approximate surface area is 265 Å². The SMILES string of the molecule is Cc1c2cc(CC(C)(C)C)ccc2c(CC(C)(C)C)c2c1c1c3c(ccc4c5ccc(-c6ccccc6)cc5n2c43)nc[n+]1C. The van der Waals surface area contributed by atoms with Gasteiger partial charge in [0.2, 0.25) is 0 Å². The van der Waals surface area contributed by atoms with Crippen molar-refractivity contribution in [3.05, 3.63) is 102 Å². The number of hydrogen-bond acceptors (Lipinski definition) is 1. The first kappa shape index (κ1) is 28.0. The van der Waals surface area contributed by atoms with Crippen molar-refractivity contribution in [3.63, 3.8) is 0 Å². The summed E-state index contributed by atoms with van der Waals surface area (Å²) in [6.07, 6.45) is 4.03. The highest BCUT2D eigenvalue weighted by Gasteiger charge is 2.29. The zero-order valence-corrected chi connectivity index (χ0v) is 27.8. The van der Waals surface area contributed by atoms with Crippen LogP contribution in [0.3, 0.4) is 0 Å². The maximum Gasteiger partial charge on any atom is 0.287 e. The van der Waals surface area contributed by atoms with Crippen molar-refractivity contribution in [3.8, 4) is 11.1 Å². The summed E-state index contributed by atoms with van der Waals surface area (Å²) < 4.78 is 4.87. The van der Waals surface area contributed by atoms with E-state index in [0.29, 0.717) is 0 Å². The van der Waals surface area contributed by atoms with Gasteiger partial charge < -0.3 is 4.40 Å². The molecule has 0 saturated carbocycles. The first-order chi connectivity index (χ1) is 21.4. The molecule has 0 atom stereocenters. The highest BCUT2D eigenvalue weighted by Crippen LogP contribution is 2.45. The van der Waals surface area contributed by atoms with Gasteiger partial charge in [-0.05, 0) is 92.4 Å². The highest BCUT2D eigenvalue weighted by atomic mass is 15.0. The molecule has 3 heterocycles. The van der Waals surface area contributed by atoms with Crippen molar-refractivity contribution in [2.24, 2.45) is 17.9 Å². The van der Waals surface area contributed by atoms with Crippen LogP contribution < -0.4 is 4.57 Å². The summed E-state index contributed by atoms with van der Waals surface area (Å²) in [6.45, 7) is 16.5. The third kappa shape index (κ3) is 4.31. The van der Waals surface area contributed by atoms with Gasteiger partial charge in [0.1, 0.15) is 5.52 Å². The third-order valence-electron chi connectivity index (χ3n) is 9.59. The van der Waals surface area contributed by atoms with E-state index in [4.69, 9.17) is 4.98 Å². The second-order valence-electron chi connectivity index (χ2n) is 15.7. The molecule has 0 unspecified atom stereocenters. The van der Waals surface area contributed by atoms with Gasteiger partial charge in [-0.25, -0.2) is 4.57 Å². The van der Waals surface area contributed by atoms with Crippen LogP contribution in [0.15, 0.2) is 85.2 Å². The van der Waals surface area contributed by atoms with Crippen molar-refractivity contribution in [1.82, 2.24) is 9.38 Å². The molecule has 0 aliphatic carbocycles. The van der Waals surface area contributed by atoms with Crippen LogP contribution in [0.4, 0.5) is 0 Å². The quantitative estimate of drug-likeness (QED) is 0.114. The minimum atomic E-state index is 0.101. The van der Waals surface area contributed by atoms with E-state index in [1.54, 1.807) is 0 Å². The second-order valence-corrected chi connectivity index (χ2v) is 15.7. The Hall–Kier alpha value is -4.50. The molecule has 224 valence electrons. The maximum atomic E-state index is 4.95. The fourth-order valence-electron chi connectivity index (χ4n) is 7.89.